The first-order chi connectivity index (χ1) is 10.4. The Hall–Kier alpha value is -2.01. The molecule has 1 N–H and O–H groups in total. The maximum Gasteiger partial charge on any atom is 0.423 e. The average molecular weight is 307 g/mol. The van der Waals surface area contributed by atoms with E-state index < -0.39 is 17.8 Å². The van der Waals surface area contributed by atoms with Crippen molar-refractivity contribution in [1.29, 1.82) is 0 Å². The Labute approximate surface area is 126 Å². The fourth-order valence-corrected chi connectivity index (χ4v) is 3.28. The van der Waals surface area contributed by atoms with Crippen molar-refractivity contribution >= 4 is 5.69 Å². The lowest BCUT2D eigenvalue weighted by molar-refractivity contribution is -0.272. The molecule has 116 valence electrons. The molecule has 1 aliphatic heterocycles. The summed E-state index contributed by atoms with van der Waals surface area (Å²) in [6.07, 6.45) is -4.77. The van der Waals surface area contributed by atoms with E-state index in [0.717, 1.165) is 0 Å². The van der Waals surface area contributed by atoms with E-state index in [-0.39, 0.29) is 5.56 Å². The van der Waals surface area contributed by atoms with E-state index in [9.17, 15) is 18.3 Å². The summed E-state index contributed by atoms with van der Waals surface area (Å²) < 4.78 is 41.4. The van der Waals surface area contributed by atoms with Crippen LogP contribution in [-0.2, 0) is 5.60 Å². The number of anilines is 1. The molecule has 22 heavy (non-hydrogen) atoms. The number of likely N-dealkylation sites (N-methyl/N-ethyl adjacent to an activating group) is 1. The maximum absolute atomic E-state index is 13.8. The summed E-state index contributed by atoms with van der Waals surface area (Å²) in [5.74, 6) is 0. The molecule has 2 aromatic carbocycles. The van der Waals surface area contributed by atoms with Gasteiger partial charge >= 0.3 is 6.18 Å². The molecule has 0 saturated carbocycles. The van der Waals surface area contributed by atoms with Crippen LogP contribution < -0.4 is 4.90 Å². The van der Waals surface area contributed by atoms with Crippen LogP contribution in [-0.4, -0.2) is 17.8 Å². The Kier molecular flexibility index (Phi) is 3.40. The number of benzene rings is 2. The van der Waals surface area contributed by atoms with E-state index >= 15 is 0 Å². The molecular weight excluding hydrogens is 291 g/mol. The number of halogens is 3. The quantitative estimate of drug-likeness (QED) is 0.906. The summed E-state index contributed by atoms with van der Waals surface area (Å²) in [6, 6.07) is 13.4. The van der Waals surface area contributed by atoms with E-state index in [1.807, 2.05) is 0 Å². The van der Waals surface area contributed by atoms with Crippen molar-refractivity contribution in [3.8, 4) is 0 Å². The highest BCUT2D eigenvalue weighted by molar-refractivity contribution is 5.65. The van der Waals surface area contributed by atoms with Crippen molar-refractivity contribution < 1.29 is 18.3 Å². The van der Waals surface area contributed by atoms with Crippen LogP contribution in [0, 0.1) is 0 Å². The predicted octanol–water partition coefficient (Wildman–Crippen LogP) is 4.02. The Bertz CT molecular complexity index is 671. The van der Waals surface area contributed by atoms with Crippen LogP contribution in [0.25, 0.3) is 0 Å². The third-order valence-electron chi connectivity index (χ3n) is 4.22. The lowest BCUT2D eigenvalue weighted by Gasteiger charge is -2.36. The second kappa shape index (κ2) is 5.02. The minimum atomic E-state index is -4.77. The predicted molar refractivity (Wildman–Crippen MR) is 78.6 cm³/mol. The van der Waals surface area contributed by atoms with Crippen LogP contribution in [0.4, 0.5) is 18.9 Å². The van der Waals surface area contributed by atoms with Gasteiger partial charge < -0.3 is 10.0 Å². The second-order valence-electron chi connectivity index (χ2n) is 5.38. The van der Waals surface area contributed by atoms with Crippen LogP contribution in [0.1, 0.15) is 24.1 Å². The largest absolute Gasteiger partial charge is 0.423 e. The maximum atomic E-state index is 13.8. The fourth-order valence-electron chi connectivity index (χ4n) is 3.28. The average Bonchev–Trinajstić information content (AvgIpc) is 2.78. The minimum absolute atomic E-state index is 0.0850. The number of rotatable bonds is 2. The molecule has 3 rings (SSSR count). The van der Waals surface area contributed by atoms with Crippen LogP contribution >= 0.6 is 0 Å². The number of hydrogen-bond acceptors (Lipinski definition) is 2. The van der Waals surface area contributed by atoms with Crippen molar-refractivity contribution in [3.05, 3.63) is 65.7 Å². The van der Waals surface area contributed by atoms with Gasteiger partial charge in [0.2, 0.25) is 5.60 Å². The summed E-state index contributed by atoms with van der Waals surface area (Å²) in [7, 11) is 0. The zero-order valence-corrected chi connectivity index (χ0v) is 12.0. The van der Waals surface area contributed by atoms with Crippen molar-refractivity contribution in [3.63, 3.8) is 0 Å². The van der Waals surface area contributed by atoms with E-state index in [0.29, 0.717) is 17.8 Å². The van der Waals surface area contributed by atoms with Crippen molar-refractivity contribution in [2.24, 2.45) is 0 Å². The van der Waals surface area contributed by atoms with E-state index in [1.165, 1.54) is 12.1 Å². The molecule has 2 aromatic rings. The lowest BCUT2D eigenvalue weighted by Crippen LogP contribution is -2.48. The van der Waals surface area contributed by atoms with Gasteiger partial charge in [0.15, 0.2) is 0 Å². The monoisotopic (exact) mass is 307 g/mol. The van der Waals surface area contributed by atoms with Gasteiger partial charge in [0.05, 0.1) is 6.04 Å². The lowest BCUT2D eigenvalue weighted by atomic mass is 9.85. The molecule has 0 saturated heterocycles. The summed E-state index contributed by atoms with van der Waals surface area (Å²) in [5, 5.41) is 10.7. The molecule has 0 spiro atoms. The van der Waals surface area contributed by atoms with Crippen LogP contribution in [0.2, 0.25) is 0 Å². The first-order valence-corrected chi connectivity index (χ1v) is 7.11. The molecule has 1 aliphatic rings. The Morgan fingerprint density at radius 3 is 2.23 bits per heavy atom. The molecule has 5 heteroatoms. The number of alkyl halides is 3. The molecule has 0 radical (unpaired) electrons. The van der Waals surface area contributed by atoms with Gasteiger partial charge in [0.1, 0.15) is 0 Å². The molecule has 2 nitrogen and oxygen atoms in total. The Morgan fingerprint density at radius 1 is 1.05 bits per heavy atom. The number of nitrogens with zero attached hydrogens (tertiary/aromatic N) is 1. The normalized spacial score (nSPS) is 24.4. The number of fused-ring (bicyclic) bond motifs is 1. The first-order valence-electron chi connectivity index (χ1n) is 7.11. The first kappa shape index (κ1) is 14.9. The van der Waals surface area contributed by atoms with E-state index in [2.05, 4.69) is 0 Å². The van der Waals surface area contributed by atoms with Gasteiger partial charge in [-0.3, -0.25) is 0 Å². The standard InChI is InChI=1S/C17H16F3NO/c1-2-21-14-11-7-6-10-13(14)16(22,17(18,19)20)15(21)12-8-4-3-5-9-12/h3-11,15,22H,2H2,1H3. The molecule has 0 bridgehead atoms. The van der Waals surface area contributed by atoms with Crippen LogP contribution in [0.5, 0.6) is 0 Å². The van der Waals surface area contributed by atoms with Gasteiger partial charge in [-0.05, 0) is 18.6 Å². The summed E-state index contributed by atoms with van der Waals surface area (Å²) >= 11 is 0. The summed E-state index contributed by atoms with van der Waals surface area (Å²) in [4.78, 5) is 1.61. The molecule has 0 aromatic heterocycles. The Balaban J connectivity index is 2.27. The smallest absolute Gasteiger partial charge is 0.374 e. The van der Waals surface area contributed by atoms with Gasteiger partial charge in [-0.25, -0.2) is 0 Å². The topological polar surface area (TPSA) is 23.5 Å². The molecule has 0 fully saturated rings. The van der Waals surface area contributed by atoms with Gasteiger partial charge in [0.25, 0.3) is 0 Å². The Morgan fingerprint density at radius 2 is 1.64 bits per heavy atom. The number of para-hydroxylation sites is 1. The van der Waals surface area contributed by atoms with Crippen molar-refractivity contribution in [2.45, 2.75) is 24.7 Å². The van der Waals surface area contributed by atoms with Gasteiger partial charge in [-0.15, -0.1) is 0 Å². The van der Waals surface area contributed by atoms with Gasteiger partial charge in [0, 0.05) is 17.8 Å². The van der Waals surface area contributed by atoms with Gasteiger partial charge in [-0.2, -0.15) is 13.2 Å². The summed E-state index contributed by atoms with van der Waals surface area (Å²) in [5.41, 5.74) is -2.13. The molecule has 0 amide bonds. The third-order valence-corrected chi connectivity index (χ3v) is 4.22. The zero-order valence-electron chi connectivity index (χ0n) is 12.0. The fraction of sp³-hybridized carbons (Fsp3) is 0.294. The van der Waals surface area contributed by atoms with Crippen molar-refractivity contribution in [2.75, 3.05) is 11.4 Å². The van der Waals surface area contributed by atoms with E-state index in [1.54, 1.807) is 54.3 Å². The molecular formula is C17H16F3NO. The van der Waals surface area contributed by atoms with Gasteiger partial charge in [-0.1, -0.05) is 48.5 Å². The highest BCUT2D eigenvalue weighted by Crippen LogP contribution is 2.58. The number of hydrogen-bond donors (Lipinski definition) is 1. The van der Waals surface area contributed by atoms with Crippen LogP contribution in [0.15, 0.2) is 54.6 Å². The van der Waals surface area contributed by atoms with Crippen LogP contribution in [0.3, 0.4) is 0 Å². The SMILES string of the molecule is CCN1c2ccccc2C(O)(C(F)(F)F)C1c1ccccc1. The zero-order chi connectivity index (χ0) is 16.0. The highest BCUT2D eigenvalue weighted by atomic mass is 19.4. The van der Waals surface area contributed by atoms with E-state index in [4.69, 9.17) is 0 Å². The molecule has 2 unspecified atom stereocenters. The minimum Gasteiger partial charge on any atom is -0.374 e. The third kappa shape index (κ3) is 1.92. The summed E-state index contributed by atoms with van der Waals surface area (Å²) in [6.45, 7) is 2.16. The highest BCUT2D eigenvalue weighted by Gasteiger charge is 2.65. The number of aliphatic hydroxyl groups is 1. The molecule has 2 atom stereocenters. The second-order valence-corrected chi connectivity index (χ2v) is 5.38. The van der Waals surface area contributed by atoms with Crippen molar-refractivity contribution in [1.82, 2.24) is 0 Å². The molecule has 1 heterocycles. The molecule has 0 aliphatic carbocycles.